The third-order valence-electron chi connectivity index (χ3n) is 4.83. The van der Waals surface area contributed by atoms with Crippen LogP contribution in [-0.4, -0.2) is 0 Å². The van der Waals surface area contributed by atoms with Crippen molar-refractivity contribution in [3.8, 4) is 0 Å². The Morgan fingerprint density at radius 2 is 1.86 bits per heavy atom. The van der Waals surface area contributed by atoms with Gasteiger partial charge in [-0.3, -0.25) is 0 Å². The van der Waals surface area contributed by atoms with Crippen molar-refractivity contribution in [1.82, 2.24) is 0 Å². The zero-order valence-electron chi connectivity index (χ0n) is 10.9. The summed E-state index contributed by atoms with van der Waals surface area (Å²) in [5, 5.41) is 0. The maximum absolute atomic E-state index is 2.47. The van der Waals surface area contributed by atoms with Crippen molar-refractivity contribution >= 4 is 0 Å². The highest BCUT2D eigenvalue weighted by molar-refractivity contribution is 4.97. The Bertz CT molecular complexity index is 176. The van der Waals surface area contributed by atoms with E-state index in [0.29, 0.717) is 5.41 Å². The molecule has 1 rings (SSSR count). The smallest absolute Gasteiger partial charge is 0.0297 e. The molecule has 0 aromatic rings. The average molecular weight is 196 g/mol. The lowest BCUT2D eigenvalue weighted by molar-refractivity contribution is -0.0625. The summed E-state index contributed by atoms with van der Waals surface area (Å²) in [5.41, 5.74) is 0.601. The van der Waals surface area contributed by atoms with E-state index in [1.54, 1.807) is 0 Å². The molecule has 1 saturated carbocycles. The molecule has 3 atom stereocenters. The van der Waals surface area contributed by atoms with Gasteiger partial charge in [0, 0.05) is 0 Å². The maximum atomic E-state index is 2.47. The van der Waals surface area contributed by atoms with Crippen LogP contribution < -0.4 is 0 Å². The predicted octanol–water partition coefficient (Wildman–Crippen LogP) is 4.74. The minimum absolute atomic E-state index is 0.601. The van der Waals surface area contributed by atoms with Gasteiger partial charge in [-0.15, -0.1) is 0 Å². The van der Waals surface area contributed by atoms with Crippen molar-refractivity contribution < 1.29 is 0 Å². The molecule has 0 heterocycles. The Kier molecular flexibility index (Phi) is 3.66. The maximum Gasteiger partial charge on any atom is -0.0297 e. The van der Waals surface area contributed by atoms with Crippen molar-refractivity contribution in [3.05, 3.63) is 0 Å². The van der Waals surface area contributed by atoms with Crippen molar-refractivity contribution in [2.45, 2.75) is 60.8 Å². The van der Waals surface area contributed by atoms with Gasteiger partial charge in [-0.1, -0.05) is 54.4 Å². The molecule has 0 amide bonds. The van der Waals surface area contributed by atoms with E-state index in [1.807, 2.05) is 0 Å². The van der Waals surface area contributed by atoms with Gasteiger partial charge >= 0.3 is 0 Å². The molecule has 0 N–H and O–H groups in total. The number of hydrogen-bond acceptors (Lipinski definition) is 0. The summed E-state index contributed by atoms with van der Waals surface area (Å²) >= 11 is 0. The standard InChI is InChI=1S/C14H28/c1-7-8-12(10(2)3)13-9-11(4)14(13,5)6/h10-13H,7-9H2,1-6H3. The van der Waals surface area contributed by atoms with Gasteiger partial charge in [0.05, 0.1) is 0 Å². The van der Waals surface area contributed by atoms with E-state index in [2.05, 4.69) is 41.5 Å². The van der Waals surface area contributed by atoms with Crippen LogP contribution in [0.1, 0.15) is 60.8 Å². The van der Waals surface area contributed by atoms with E-state index < -0.39 is 0 Å². The van der Waals surface area contributed by atoms with E-state index in [4.69, 9.17) is 0 Å². The van der Waals surface area contributed by atoms with Gasteiger partial charge in [-0.2, -0.15) is 0 Å². The fraction of sp³-hybridized carbons (Fsp3) is 1.00. The molecule has 0 aliphatic heterocycles. The summed E-state index contributed by atoms with van der Waals surface area (Å²) in [6.07, 6.45) is 4.25. The van der Waals surface area contributed by atoms with Crippen molar-refractivity contribution in [2.75, 3.05) is 0 Å². The van der Waals surface area contributed by atoms with E-state index in [9.17, 15) is 0 Å². The van der Waals surface area contributed by atoms with Crippen LogP contribution in [0.25, 0.3) is 0 Å². The van der Waals surface area contributed by atoms with Gasteiger partial charge in [-0.05, 0) is 35.5 Å². The summed E-state index contributed by atoms with van der Waals surface area (Å²) in [7, 11) is 0. The SMILES string of the molecule is CCCC(C(C)C)C1CC(C)C1(C)C. The van der Waals surface area contributed by atoms with Gasteiger partial charge in [0.2, 0.25) is 0 Å². The minimum Gasteiger partial charge on any atom is -0.0654 e. The van der Waals surface area contributed by atoms with Gasteiger partial charge in [0.15, 0.2) is 0 Å². The molecule has 1 aliphatic rings. The van der Waals surface area contributed by atoms with E-state index >= 15 is 0 Å². The average Bonchev–Trinajstić information content (AvgIpc) is 2.10. The molecule has 0 aromatic carbocycles. The molecular weight excluding hydrogens is 168 g/mol. The topological polar surface area (TPSA) is 0 Å². The van der Waals surface area contributed by atoms with E-state index in [-0.39, 0.29) is 0 Å². The Labute approximate surface area is 90.5 Å². The minimum atomic E-state index is 0.601. The lowest BCUT2D eigenvalue weighted by Crippen LogP contribution is -2.48. The Hall–Kier alpha value is 0. The van der Waals surface area contributed by atoms with Gasteiger partial charge in [0.1, 0.15) is 0 Å². The summed E-state index contributed by atoms with van der Waals surface area (Å²) < 4.78 is 0. The highest BCUT2D eigenvalue weighted by atomic mass is 14.5. The number of rotatable bonds is 4. The van der Waals surface area contributed by atoms with Crippen molar-refractivity contribution in [3.63, 3.8) is 0 Å². The third kappa shape index (κ3) is 1.99. The van der Waals surface area contributed by atoms with Gasteiger partial charge in [-0.25, -0.2) is 0 Å². The molecular formula is C14H28. The second-order valence-electron chi connectivity index (χ2n) is 6.26. The number of hydrogen-bond donors (Lipinski definition) is 0. The molecule has 1 aliphatic carbocycles. The molecule has 0 nitrogen and oxygen atoms in total. The van der Waals surface area contributed by atoms with Crippen LogP contribution in [0.2, 0.25) is 0 Å². The fourth-order valence-electron chi connectivity index (χ4n) is 3.25. The highest BCUT2D eigenvalue weighted by Gasteiger charge is 2.48. The molecule has 0 aromatic heterocycles. The van der Waals surface area contributed by atoms with Gasteiger partial charge < -0.3 is 0 Å². The highest BCUT2D eigenvalue weighted by Crippen LogP contribution is 2.56. The molecule has 0 heteroatoms. The van der Waals surface area contributed by atoms with Crippen LogP contribution >= 0.6 is 0 Å². The summed E-state index contributed by atoms with van der Waals surface area (Å²) in [6.45, 7) is 14.5. The normalized spacial score (nSPS) is 32.8. The first kappa shape index (κ1) is 12.1. The molecule has 0 spiro atoms. The van der Waals surface area contributed by atoms with E-state index in [0.717, 1.165) is 23.7 Å². The summed E-state index contributed by atoms with van der Waals surface area (Å²) in [4.78, 5) is 0. The Balaban J connectivity index is 2.62. The van der Waals surface area contributed by atoms with Crippen LogP contribution in [0.5, 0.6) is 0 Å². The zero-order valence-corrected chi connectivity index (χ0v) is 10.9. The van der Waals surface area contributed by atoms with E-state index in [1.165, 1.54) is 19.3 Å². The molecule has 0 saturated heterocycles. The molecule has 1 fully saturated rings. The molecule has 0 bridgehead atoms. The zero-order chi connectivity index (χ0) is 10.9. The Morgan fingerprint density at radius 1 is 1.29 bits per heavy atom. The fourth-order valence-corrected chi connectivity index (χ4v) is 3.25. The third-order valence-corrected chi connectivity index (χ3v) is 4.83. The summed E-state index contributed by atoms with van der Waals surface area (Å²) in [5.74, 6) is 3.75. The molecule has 0 radical (unpaired) electrons. The largest absolute Gasteiger partial charge is 0.0654 e. The van der Waals surface area contributed by atoms with Crippen LogP contribution in [0.15, 0.2) is 0 Å². The van der Waals surface area contributed by atoms with Crippen molar-refractivity contribution in [2.24, 2.45) is 29.1 Å². The van der Waals surface area contributed by atoms with Crippen LogP contribution in [0.3, 0.4) is 0 Å². The lowest BCUT2D eigenvalue weighted by Gasteiger charge is -2.55. The first-order valence-electron chi connectivity index (χ1n) is 6.41. The van der Waals surface area contributed by atoms with Crippen molar-refractivity contribution in [1.29, 1.82) is 0 Å². The molecule has 3 unspecified atom stereocenters. The van der Waals surface area contributed by atoms with Gasteiger partial charge in [0.25, 0.3) is 0 Å². The van der Waals surface area contributed by atoms with Crippen LogP contribution in [0.4, 0.5) is 0 Å². The monoisotopic (exact) mass is 196 g/mol. The first-order valence-corrected chi connectivity index (χ1v) is 6.41. The predicted molar refractivity (Wildman–Crippen MR) is 64.3 cm³/mol. The lowest BCUT2D eigenvalue weighted by atomic mass is 9.50. The Morgan fingerprint density at radius 3 is 2.14 bits per heavy atom. The van der Waals surface area contributed by atoms with Crippen LogP contribution in [0, 0.1) is 29.1 Å². The quantitative estimate of drug-likeness (QED) is 0.609. The summed E-state index contributed by atoms with van der Waals surface area (Å²) in [6, 6.07) is 0. The molecule has 84 valence electrons. The second-order valence-corrected chi connectivity index (χ2v) is 6.26. The molecule has 14 heavy (non-hydrogen) atoms. The van der Waals surface area contributed by atoms with Crippen LogP contribution in [-0.2, 0) is 0 Å². The first-order chi connectivity index (χ1) is 6.41. The second kappa shape index (κ2) is 4.24.